The van der Waals surface area contributed by atoms with Crippen LogP contribution in [0.5, 0.6) is 5.88 Å². The van der Waals surface area contributed by atoms with Crippen molar-refractivity contribution in [2.24, 2.45) is 0 Å². The highest BCUT2D eigenvalue weighted by Gasteiger charge is 2.05. The molecule has 1 aromatic rings. The first-order valence-corrected chi connectivity index (χ1v) is 4.26. The van der Waals surface area contributed by atoms with Crippen molar-refractivity contribution in [3.05, 3.63) is 18.1 Å². The van der Waals surface area contributed by atoms with Crippen LogP contribution in [0, 0.1) is 0 Å². The van der Waals surface area contributed by atoms with Crippen LogP contribution in [-0.2, 0) is 16.0 Å². The van der Waals surface area contributed by atoms with E-state index in [-0.39, 0.29) is 12.4 Å². The number of hydrogen-bond acceptors (Lipinski definition) is 5. The van der Waals surface area contributed by atoms with Crippen LogP contribution in [-0.4, -0.2) is 29.7 Å². The van der Waals surface area contributed by atoms with Crippen molar-refractivity contribution >= 4 is 5.97 Å². The summed E-state index contributed by atoms with van der Waals surface area (Å²) in [4.78, 5) is 18.9. The average molecular weight is 196 g/mol. The van der Waals surface area contributed by atoms with E-state index in [1.165, 1.54) is 19.5 Å². The summed E-state index contributed by atoms with van der Waals surface area (Å²) in [5.41, 5.74) is 0.573. The molecule has 0 saturated heterocycles. The maximum atomic E-state index is 11.0. The van der Waals surface area contributed by atoms with Gasteiger partial charge in [0, 0.05) is 0 Å². The van der Waals surface area contributed by atoms with Gasteiger partial charge in [0.15, 0.2) is 0 Å². The van der Waals surface area contributed by atoms with Crippen molar-refractivity contribution in [1.29, 1.82) is 0 Å². The minimum Gasteiger partial charge on any atom is -0.480 e. The van der Waals surface area contributed by atoms with E-state index < -0.39 is 0 Å². The third-order valence-electron chi connectivity index (χ3n) is 1.52. The van der Waals surface area contributed by atoms with Gasteiger partial charge in [0.25, 0.3) is 0 Å². The molecule has 0 aliphatic heterocycles. The summed E-state index contributed by atoms with van der Waals surface area (Å²) < 4.78 is 9.60. The Morgan fingerprint density at radius 2 is 2.21 bits per heavy atom. The summed E-state index contributed by atoms with van der Waals surface area (Å²) in [6.45, 7) is 2.14. The third-order valence-corrected chi connectivity index (χ3v) is 1.52. The molecule has 0 fully saturated rings. The van der Waals surface area contributed by atoms with Gasteiger partial charge in [-0.25, -0.2) is 4.98 Å². The zero-order chi connectivity index (χ0) is 10.4. The highest BCUT2D eigenvalue weighted by molar-refractivity contribution is 5.71. The summed E-state index contributed by atoms with van der Waals surface area (Å²) in [6, 6.07) is 0. The molecule has 1 heterocycles. The SMILES string of the molecule is CCOC(=O)Cc1cnc(OC)cn1. The maximum Gasteiger partial charge on any atom is 0.311 e. The van der Waals surface area contributed by atoms with E-state index >= 15 is 0 Å². The first-order valence-electron chi connectivity index (χ1n) is 4.26. The molecule has 0 aliphatic carbocycles. The largest absolute Gasteiger partial charge is 0.480 e. The van der Waals surface area contributed by atoms with E-state index in [0.29, 0.717) is 18.2 Å². The molecular weight excluding hydrogens is 184 g/mol. The molecule has 0 aromatic carbocycles. The van der Waals surface area contributed by atoms with E-state index in [1.807, 2.05) is 0 Å². The molecule has 0 N–H and O–H groups in total. The Hall–Kier alpha value is -1.65. The lowest BCUT2D eigenvalue weighted by Crippen LogP contribution is -2.09. The average Bonchev–Trinajstić information content (AvgIpc) is 2.19. The van der Waals surface area contributed by atoms with E-state index in [0.717, 1.165) is 0 Å². The third kappa shape index (κ3) is 3.01. The highest BCUT2D eigenvalue weighted by Crippen LogP contribution is 2.03. The zero-order valence-electron chi connectivity index (χ0n) is 8.19. The fourth-order valence-electron chi connectivity index (χ4n) is 0.900. The second-order valence-electron chi connectivity index (χ2n) is 2.53. The Morgan fingerprint density at radius 1 is 1.43 bits per heavy atom. The van der Waals surface area contributed by atoms with Crippen molar-refractivity contribution in [2.75, 3.05) is 13.7 Å². The fourth-order valence-corrected chi connectivity index (χ4v) is 0.900. The molecule has 1 aromatic heterocycles. The molecule has 0 atom stereocenters. The van der Waals surface area contributed by atoms with Crippen LogP contribution in [0.15, 0.2) is 12.4 Å². The van der Waals surface area contributed by atoms with Crippen molar-refractivity contribution in [1.82, 2.24) is 9.97 Å². The normalized spacial score (nSPS) is 9.57. The molecule has 5 heteroatoms. The van der Waals surface area contributed by atoms with Gasteiger partial charge >= 0.3 is 5.97 Å². The van der Waals surface area contributed by atoms with Crippen molar-refractivity contribution in [3.8, 4) is 5.88 Å². The molecule has 0 aliphatic rings. The van der Waals surface area contributed by atoms with Crippen LogP contribution >= 0.6 is 0 Å². The number of carbonyl (C=O) groups is 1. The molecule has 76 valence electrons. The number of aromatic nitrogens is 2. The van der Waals surface area contributed by atoms with Gasteiger partial charge in [0.1, 0.15) is 0 Å². The molecule has 0 amide bonds. The minimum absolute atomic E-state index is 0.144. The summed E-state index contributed by atoms with van der Waals surface area (Å²) in [5, 5.41) is 0. The molecule has 0 unspecified atom stereocenters. The van der Waals surface area contributed by atoms with Crippen molar-refractivity contribution in [3.63, 3.8) is 0 Å². The zero-order valence-corrected chi connectivity index (χ0v) is 8.19. The fraction of sp³-hybridized carbons (Fsp3) is 0.444. The monoisotopic (exact) mass is 196 g/mol. The van der Waals surface area contributed by atoms with Crippen LogP contribution in [0.4, 0.5) is 0 Å². The van der Waals surface area contributed by atoms with Gasteiger partial charge in [-0.2, -0.15) is 0 Å². The number of carbonyl (C=O) groups excluding carboxylic acids is 1. The standard InChI is InChI=1S/C9H12N2O3/c1-3-14-9(12)4-7-5-11-8(13-2)6-10-7/h5-6H,3-4H2,1-2H3. The van der Waals surface area contributed by atoms with Gasteiger partial charge in [0.05, 0.1) is 38.2 Å². The molecule has 14 heavy (non-hydrogen) atoms. The highest BCUT2D eigenvalue weighted by atomic mass is 16.5. The first-order chi connectivity index (χ1) is 6.76. The van der Waals surface area contributed by atoms with Gasteiger partial charge in [-0.3, -0.25) is 9.78 Å². The van der Waals surface area contributed by atoms with Gasteiger partial charge in [-0.15, -0.1) is 0 Å². The van der Waals surface area contributed by atoms with Crippen LogP contribution in [0.2, 0.25) is 0 Å². The Morgan fingerprint density at radius 3 is 2.71 bits per heavy atom. The minimum atomic E-state index is -0.299. The molecule has 0 spiro atoms. The quantitative estimate of drug-likeness (QED) is 0.659. The number of ether oxygens (including phenoxy) is 2. The summed E-state index contributed by atoms with van der Waals surface area (Å²) in [5.74, 6) is 0.129. The molecule has 1 rings (SSSR count). The van der Waals surface area contributed by atoms with Crippen LogP contribution in [0.25, 0.3) is 0 Å². The van der Waals surface area contributed by atoms with Gasteiger partial charge < -0.3 is 9.47 Å². The van der Waals surface area contributed by atoms with Gasteiger partial charge in [0.2, 0.25) is 5.88 Å². The summed E-state index contributed by atoms with van der Waals surface area (Å²) in [7, 11) is 1.51. The Labute approximate surface area is 82.1 Å². The Kier molecular flexibility index (Phi) is 3.84. The number of nitrogens with zero attached hydrogens (tertiary/aromatic N) is 2. The van der Waals surface area contributed by atoms with Crippen LogP contribution in [0.3, 0.4) is 0 Å². The van der Waals surface area contributed by atoms with Gasteiger partial charge in [-0.05, 0) is 6.92 Å². The van der Waals surface area contributed by atoms with Gasteiger partial charge in [-0.1, -0.05) is 0 Å². The lowest BCUT2D eigenvalue weighted by atomic mass is 10.3. The second-order valence-corrected chi connectivity index (χ2v) is 2.53. The molecule has 0 bridgehead atoms. The van der Waals surface area contributed by atoms with E-state index in [2.05, 4.69) is 9.97 Å². The van der Waals surface area contributed by atoms with Crippen molar-refractivity contribution < 1.29 is 14.3 Å². The number of rotatable bonds is 4. The van der Waals surface area contributed by atoms with Crippen LogP contribution in [0.1, 0.15) is 12.6 Å². The van der Waals surface area contributed by atoms with E-state index in [1.54, 1.807) is 6.92 Å². The Balaban J connectivity index is 2.55. The van der Waals surface area contributed by atoms with Crippen LogP contribution < -0.4 is 4.74 Å². The number of methoxy groups -OCH3 is 1. The van der Waals surface area contributed by atoms with E-state index in [4.69, 9.17) is 9.47 Å². The van der Waals surface area contributed by atoms with Crippen molar-refractivity contribution in [2.45, 2.75) is 13.3 Å². The predicted octanol–water partition coefficient (Wildman–Crippen LogP) is 0.591. The maximum absolute atomic E-state index is 11.0. The lowest BCUT2D eigenvalue weighted by molar-refractivity contribution is -0.142. The summed E-state index contributed by atoms with van der Waals surface area (Å²) in [6.07, 6.45) is 3.11. The lowest BCUT2D eigenvalue weighted by Gasteiger charge is -2.01. The molecule has 0 saturated carbocycles. The summed E-state index contributed by atoms with van der Waals surface area (Å²) >= 11 is 0. The molecule has 5 nitrogen and oxygen atoms in total. The predicted molar refractivity (Wildman–Crippen MR) is 48.9 cm³/mol. The van der Waals surface area contributed by atoms with E-state index in [9.17, 15) is 4.79 Å². The smallest absolute Gasteiger partial charge is 0.311 e. The number of esters is 1. The molecular formula is C9H12N2O3. The second kappa shape index (κ2) is 5.16. The Bertz CT molecular complexity index is 297. The topological polar surface area (TPSA) is 61.3 Å². The number of hydrogen-bond donors (Lipinski definition) is 0. The first kappa shape index (κ1) is 10.4. The molecule has 0 radical (unpaired) electrons.